The topological polar surface area (TPSA) is 72.0 Å². The third-order valence-electron chi connectivity index (χ3n) is 3.64. The van der Waals surface area contributed by atoms with Crippen LogP contribution in [0.25, 0.3) is 0 Å². The van der Waals surface area contributed by atoms with E-state index in [0.717, 1.165) is 25.0 Å². The van der Waals surface area contributed by atoms with Crippen molar-refractivity contribution in [3.05, 3.63) is 17.5 Å². The van der Waals surface area contributed by atoms with Crippen LogP contribution in [0.5, 0.6) is 0 Å². The maximum absolute atomic E-state index is 12.0. The maximum atomic E-state index is 12.0. The number of hydrogen-bond donors (Lipinski definition) is 1. The number of nitrogens with zero attached hydrogens (tertiary/aromatic N) is 2. The van der Waals surface area contributed by atoms with Gasteiger partial charge in [-0.15, -0.1) is 0 Å². The number of Topliss-reactive ketones (excluding diaryl/α,β-unsaturated/α-hetero) is 1. The van der Waals surface area contributed by atoms with Gasteiger partial charge in [0.15, 0.2) is 5.78 Å². The smallest absolute Gasteiger partial charge is 0.229 e. The minimum Gasteiger partial charge on any atom is -0.294 e. The van der Waals surface area contributed by atoms with Gasteiger partial charge in [0.25, 0.3) is 0 Å². The zero-order valence-corrected chi connectivity index (χ0v) is 11.2. The van der Waals surface area contributed by atoms with Gasteiger partial charge in [0.1, 0.15) is 0 Å². The second kappa shape index (κ2) is 4.11. The minimum atomic E-state index is -0.0732. The lowest BCUT2D eigenvalue weighted by atomic mass is 9.76. The third kappa shape index (κ3) is 2.50. The fourth-order valence-corrected chi connectivity index (χ4v) is 2.45. The van der Waals surface area contributed by atoms with E-state index in [2.05, 4.69) is 29.1 Å². The maximum Gasteiger partial charge on any atom is 0.229 e. The molecule has 19 heavy (non-hydrogen) atoms. The molecule has 0 radical (unpaired) electrons. The number of carbonyl (C=O) groups is 2. The minimum absolute atomic E-state index is 0.0126. The second-order valence-electron chi connectivity index (χ2n) is 6.26. The number of ketones is 1. The van der Waals surface area contributed by atoms with Gasteiger partial charge in [-0.2, -0.15) is 0 Å². The van der Waals surface area contributed by atoms with Crippen LogP contribution in [0.3, 0.4) is 0 Å². The Morgan fingerprint density at radius 3 is 2.79 bits per heavy atom. The van der Waals surface area contributed by atoms with Crippen LogP contribution in [0, 0.1) is 11.3 Å². The van der Waals surface area contributed by atoms with Crippen LogP contribution >= 0.6 is 0 Å². The Balaban J connectivity index is 1.86. The van der Waals surface area contributed by atoms with E-state index in [0.29, 0.717) is 17.9 Å². The molecule has 2 aliphatic carbocycles. The van der Waals surface area contributed by atoms with E-state index in [1.165, 1.54) is 0 Å². The van der Waals surface area contributed by atoms with Crippen LogP contribution in [-0.4, -0.2) is 21.7 Å². The van der Waals surface area contributed by atoms with Crippen LogP contribution in [0.2, 0.25) is 0 Å². The van der Waals surface area contributed by atoms with E-state index in [1.54, 1.807) is 6.20 Å². The fourth-order valence-electron chi connectivity index (χ4n) is 2.45. The average Bonchev–Trinajstić information content (AvgIpc) is 3.10. The summed E-state index contributed by atoms with van der Waals surface area (Å²) in [5.41, 5.74) is 1.28. The largest absolute Gasteiger partial charge is 0.294 e. The van der Waals surface area contributed by atoms with Crippen LogP contribution in [0.4, 0.5) is 5.95 Å². The molecular weight excluding hydrogens is 242 g/mol. The predicted molar refractivity (Wildman–Crippen MR) is 69.8 cm³/mol. The number of fused-ring (bicyclic) bond motifs is 1. The van der Waals surface area contributed by atoms with Crippen LogP contribution < -0.4 is 5.32 Å². The Kier molecular flexibility index (Phi) is 2.66. The van der Waals surface area contributed by atoms with Gasteiger partial charge in [0.2, 0.25) is 11.9 Å². The number of anilines is 1. The molecule has 1 aromatic heterocycles. The van der Waals surface area contributed by atoms with E-state index in [4.69, 9.17) is 0 Å². The van der Waals surface area contributed by atoms with E-state index in [9.17, 15) is 9.59 Å². The fraction of sp³-hybridized carbons (Fsp3) is 0.571. The molecule has 0 unspecified atom stereocenters. The van der Waals surface area contributed by atoms with Crippen LogP contribution in [0.15, 0.2) is 6.20 Å². The molecule has 5 nitrogen and oxygen atoms in total. The molecule has 100 valence electrons. The van der Waals surface area contributed by atoms with Gasteiger partial charge < -0.3 is 0 Å². The summed E-state index contributed by atoms with van der Waals surface area (Å²) in [5.74, 6) is 0.520. The number of amides is 1. The summed E-state index contributed by atoms with van der Waals surface area (Å²) in [6, 6.07) is 0. The summed E-state index contributed by atoms with van der Waals surface area (Å²) in [7, 11) is 0. The second-order valence-corrected chi connectivity index (χ2v) is 6.26. The van der Waals surface area contributed by atoms with Crippen LogP contribution in [0.1, 0.15) is 49.2 Å². The Bertz CT molecular complexity index is 562. The molecule has 0 aromatic carbocycles. The summed E-state index contributed by atoms with van der Waals surface area (Å²) in [4.78, 5) is 32.1. The molecule has 1 N–H and O–H groups in total. The first-order valence-corrected chi connectivity index (χ1v) is 6.65. The molecule has 1 aromatic rings. The van der Waals surface area contributed by atoms with Crippen molar-refractivity contribution in [3.8, 4) is 0 Å². The summed E-state index contributed by atoms with van der Waals surface area (Å²) in [5, 5.41) is 2.72. The molecule has 3 rings (SSSR count). The lowest BCUT2D eigenvalue weighted by molar-refractivity contribution is -0.117. The van der Waals surface area contributed by atoms with E-state index in [1.807, 2.05) is 0 Å². The first kappa shape index (κ1) is 12.3. The Hall–Kier alpha value is -1.78. The summed E-state index contributed by atoms with van der Waals surface area (Å²) >= 11 is 0. The molecular formula is C14H17N3O2. The molecule has 1 amide bonds. The summed E-state index contributed by atoms with van der Waals surface area (Å²) in [6.07, 6.45) is 4.70. The Labute approximate surface area is 111 Å². The van der Waals surface area contributed by atoms with E-state index < -0.39 is 0 Å². The predicted octanol–water partition coefficient (Wildman–Crippen LogP) is 1.98. The highest BCUT2D eigenvalue weighted by molar-refractivity contribution is 5.98. The van der Waals surface area contributed by atoms with Gasteiger partial charge >= 0.3 is 0 Å². The van der Waals surface area contributed by atoms with E-state index >= 15 is 0 Å². The van der Waals surface area contributed by atoms with Crippen molar-refractivity contribution in [1.29, 1.82) is 0 Å². The molecule has 0 spiro atoms. The van der Waals surface area contributed by atoms with Crippen molar-refractivity contribution in [1.82, 2.24) is 9.97 Å². The van der Waals surface area contributed by atoms with E-state index in [-0.39, 0.29) is 23.0 Å². The van der Waals surface area contributed by atoms with Gasteiger partial charge in [-0.3, -0.25) is 14.9 Å². The van der Waals surface area contributed by atoms with Crippen molar-refractivity contribution in [3.63, 3.8) is 0 Å². The molecule has 2 aliphatic rings. The highest BCUT2D eigenvalue weighted by Gasteiger charge is 2.33. The highest BCUT2D eigenvalue weighted by Crippen LogP contribution is 2.34. The molecule has 0 atom stereocenters. The normalized spacial score (nSPS) is 20.8. The Morgan fingerprint density at radius 2 is 2.11 bits per heavy atom. The molecule has 1 heterocycles. The van der Waals surface area contributed by atoms with Crippen molar-refractivity contribution in [2.24, 2.45) is 11.3 Å². The summed E-state index contributed by atoms with van der Waals surface area (Å²) in [6.45, 7) is 4.11. The quantitative estimate of drug-likeness (QED) is 0.881. The molecule has 1 saturated carbocycles. The molecule has 5 heteroatoms. The van der Waals surface area contributed by atoms with Crippen molar-refractivity contribution in [2.75, 3.05) is 5.32 Å². The monoisotopic (exact) mass is 259 g/mol. The number of nitrogens with one attached hydrogen (secondary N) is 1. The zero-order chi connectivity index (χ0) is 13.6. The standard InChI is InChI=1S/C14H17N3O2/c1-14(2)5-10-9(11(18)6-14)7-15-13(16-10)17-12(19)8-3-4-8/h7-8H,3-6H2,1-2H3,(H,15,16,17,19). The zero-order valence-electron chi connectivity index (χ0n) is 11.2. The van der Waals surface area contributed by atoms with Crippen molar-refractivity contribution >= 4 is 17.6 Å². The summed E-state index contributed by atoms with van der Waals surface area (Å²) < 4.78 is 0. The molecule has 1 fully saturated rings. The Morgan fingerprint density at radius 1 is 1.37 bits per heavy atom. The van der Waals surface area contributed by atoms with Gasteiger partial charge in [-0.1, -0.05) is 13.8 Å². The number of aromatic nitrogens is 2. The van der Waals surface area contributed by atoms with Gasteiger partial charge in [-0.25, -0.2) is 9.97 Å². The molecule has 0 aliphatic heterocycles. The third-order valence-corrected chi connectivity index (χ3v) is 3.64. The first-order valence-electron chi connectivity index (χ1n) is 6.65. The van der Waals surface area contributed by atoms with Crippen molar-refractivity contribution in [2.45, 2.75) is 39.5 Å². The molecule has 0 bridgehead atoms. The SMILES string of the molecule is CC1(C)CC(=O)c2cnc(NC(=O)C3CC3)nc2C1. The van der Waals surface area contributed by atoms with Gasteiger partial charge in [-0.05, 0) is 24.7 Å². The van der Waals surface area contributed by atoms with Gasteiger partial charge in [0.05, 0.1) is 11.3 Å². The first-order chi connectivity index (χ1) is 8.94. The number of hydrogen-bond acceptors (Lipinski definition) is 4. The molecule has 0 saturated heterocycles. The highest BCUT2D eigenvalue weighted by atomic mass is 16.2. The lowest BCUT2D eigenvalue weighted by Crippen LogP contribution is -2.28. The van der Waals surface area contributed by atoms with Crippen LogP contribution in [-0.2, 0) is 11.2 Å². The number of rotatable bonds is 2. The van der Waals surface area contributed by atoms with Crippen molar-refractivity contribution < 1.29 is 9.59 Å². The average molecular weight is 259 g/mol. The number of carbonyl (C=O) groups excluding carboxylic acids is 2. The lowest BCUT2D eigenvalue weighted by Gasteiger charge is -2.29. The van der Waals surface area contributed by atoms with Gasteiger partial charge in [0, 0.05) is 18.5 Å².